The van der Waals surface area contributed by atoms with Crippen LogP contribution in [0.2, 0.25) is 10.0 Å². The number of carbonyl (C=O) groups excluding carboxylic acids is 1. The summed E-state index contributed by atoms with van der Waals surface area (Å²) in [6, 6.07) is 3.30. The molecule has 0 spiro atoms. The number of fused-ring (bicyclic) bond motifs is 3. The van der Waals surface area contributed by atoms with E-state index in [0.717, 1.165) is 16.6 Å². The van der Waals surface area contributed by atoms with Gasteiger partial charge in [0.25, 0.3) is 0 Å². The largest absolute Gasteiger partial charge is 0.495 e. The van der Waals surface area contributed by atoms with Gasteiger partial charge in [-0.05, 0) is 37.3 Å². The maximum atomic E-state index is 12.8. The molecule has 1 aliphatic rings. The van der Waals surface area contributed by atoms with E-state index in [0.29, 0.717) is 65.2 Å². The first-order valence-electron chi connectivity index (χ1n) is 10.8. The number of rotatable bonds is 8. The quantitative estimate of drug-likeness (QED) is 0.383. The maximum Gasteiger partial charge on any atom is 0.223 e. The molecule has 0 saturated carbocycles. The topological polar surface area (TPSA) is 126 Å². The van der Waals surface area contributed by atoms with Crippen LogP contribution in [0.5, 0.6) is 5.75 Å². The van der Waals surface area contributed by atoms with Gasteiger partial charge in [-0.15, -0.1) is 0 Å². The van der Waals surface area contributed by atoms with Gasteiger partial charge in [0.2, 0.25) is 5.91 Å². The fourth-order valence-corrected chi connectivity index (χ4v) is 5.16. The molecule has 2 heterocycles. The van der Waals surface area contributed by atoms with Gasteiger partial charge in [-0.1, -0.05) is 23.2 Å². The molecule has 1 atom stereocenters. The number of hydrogen-bond acceptors (Lipinski definition) is 7. The van der Waals surface area contributed by atoms with Crippen molar-refractivity contribution in [1.29, 1.82) is 0 Å². The van der Waals surface area contributed by atoms with Gasteiger partial charge in [0.05, 0.1) is 34.0 Å². The summed E-state index contributed by atoms with van der Waals surface area (Å²) in [6.07, 6.45) is 4.95. The molecule has 1 aromatic carbocycles. The van der Waals surface area contributed by atoms with Crippen LogP contribution >= 0.6 is 23.2 Å². The van der Waals surface area contributed by atoms with Crippen LogP contribution in [0.4, 0.5) is 11.5 Å². The lowest BCUT2D eigenvalue weighted by atomic mass is 9.86. The minimum Gasteiger partial charge on any atom is -0.495 e. The minimum absolute atomic E-state index is 0.0507. The van der Waals surface area contributed by atoms with E-state index >= 15 is 0 Å². The zero-order valence-corrected chi connectivity index (χ0v) is 21.1. The summed E-state index contributed by atoms with van der Waals surface area (Å²) in [4.78, 5) is 24.9. The van der Waals surface area contributed by atoms with Gasteiger partial charge < -0.3 is 20.4 Å². The Balaban J connectivity index is 1.57. The number of amides is 1. The predicted molar refractivity (Wildman–Crippen MR) is 133 cm³/mol. The maximum absolute atomic E-state index is 12.8. The smallest absolute Gasteiger partial charge is 0.223 e. The van der Waals surface area contributed by atoms with Crippen molar-refractivity contribution in [2.45, 2.75) is 25.7 Å². The molecule has 0 unspecified atom stereocenters. The summed E-state index contributed by atoms with van der Waals surface area (Å²) in [5, 5.41) is 7.70. The molecule has 0 radical (unpaired) electrons. The highest BCUT2D eigenvalue weighted by molar-refractivity contribution is 7.90. The predicted octanol–water partition coefficient (Wildman–Crippen LogP) is 3.67. The normalized spacial score (nSPS) is 15.7. The highest BCUT2D eigenvalue weighted by Gasteiger charge is 2.29. The number of nitrogens with zero attached hydrogens (tertiary/aromatic N) is 2. The summed E-state index contributed by atoms with van der Waals surface area (Å²) in [5.74, 6) is 0.823. The van der Waals surface area contributed by atoms with Gasteiger partial charge >= 0.3 is 0 Å². The fraction of sp³-hybridized carbons (Fsp3) is 0.409. The van der Waals surface area contributed by atoms with E-state index < -0.39 is 9.84 Å². The van der Waals surface area contributed by atoms with E-state index in [9.17, 15) is 13.2 Å². The zero-order valence-electron chi connectivity index (χ0n) is 18.7. The summed E-state index contributed by atoms with van der Waals surface area (Å²) < 4.78 is 28.0. The van der Waals surface area contributed by atoms with E-state index in [-0.39, 0.29) is 17.6 Å². The number of H-pyrrole nitrogens is 1. The van der Waals surface area contributed by atoms with Crippen LogP contribution in [0.15, 0.2) is 18.5 Å². The monoisotopic (exact) mass is 525 g/mol. The van der Waals surface area contributed by atoms with E-state index in [1.807, 2.05) is 0 Å². The molecule has 182 valence electrons. The average Bonchev–Trinajstić information content (AvgIpc) is 3.17. The van der Waals surface area contributed by atoms with Gasteiger partial charge in [0.15, 0.2) is 0 Å². The molecular formula is C22H25Cl2N5O4S. The van der Waals surface area contributed by atoms with Crippen molar-refractivity contribution >= 4 is 61.5 Å². The number of benzene rings is 1. The van der Waals surface area contributed by atoms with Crippen molar-refractivity contribution in [2.75, 3.05) is 31.0 Å². The number of carbonyl (C=O) groups is 1. The lowest BCUT2D eigenvalue weighted by molar-refractivity contribution is -0.125. The highest BCUT2D eigenvalue weighted by atomic mass is 35.5. The standard InChI is InChI=1S/C22H25Cl2N5O4S/c1-33-18-10-15(24)14(23)9-17(18)29-21-19-13-8-12(22(30)25-6-3-7-34(2,31)32)4-5-16(13)28-20(19)26-11-27-21/h9-12H,3-8H2,1-2H3,(H,25,30)(H2,26,27,28,29)/t12-/m0/s1. The molecule has 0 fully saturated rings. The molecule has 3 aromatic rings. The Morgan fingerprint density at radius 3 is 2.76 bits per heavy atom. The van der Waals surface area contributed by atoms with Gasteiger partial charge in [-0.3, -0.25) is 4.79 Å². The summed E-state index contributed by atoms with van der Waals surface area (Å²) >= 11 is 12.3. The number of nitrogens with one attached hydrogen (secondary N) is 3. The second-order valence-electron chi connectivity index (χ2n) is 8.33. The fourth-order valence-electron chi connectivity index (χ4n) is 4.17. The lowest BCUT2D eigenvalue weighted by Crippen LogP contribution is -2.35. The molecule has 0 bridgehead atoms. The van der Waals surface area contributed by atoms with Crippen LogP contribution in [0.3, 0.4) is 0 Å². The molecule has 0 aliphatic heterocycles. The molecule has 0 saturated heterocycles. The third-order valence-corrected chi connectivity index (χ3v) is 7.59. The van der Waals surface area contributed by atoms with Crippen LogP contribution in [0, 0.1) is 5.92 Å². The second kappa shape index (κ2) is 9.97. The van der Waals surface area contributed by atoms with E-state index in [2.05, 4.69) is 25.6 Å². The molecule has 2 aromatic heterocycles. The number of aromatic nitrogens is 3. The van der Waals surface area contributed by atoms with E-state index in [1.165, 1.54) is 19.7 Å². The Labute approximate surface area is 207 Å². The van der Waals surface area contributed by atoms with Crippen molar-refractivity contribution in [3.63, 3.8) is 0 Å². The van der Waals surface area contributed by atoms with Crippen molar-refractivity contribution in [3.8, 4) is 5.75 Å². The lowest BCUT2D eigenvalue weighted by Gasteiger charge is -2.22. The third kappa shape index (κ3) is 5.39. The highest BCUT2D eigenvalue weighted by Crippen LogP contribution is 2.39. The van der Waals surface area contributed by atoms with Crippen LogP contribution < -0.4 is 15.4 Å². The Kier molecular flexibility index (Phi) is 7.20. The van der Waals surface area contributed by atoms with Gasteiger partial charge in [0, 0.05) is 30.5 Å². The number of hydrogen-bond donors (Lipinski definition) is 3. The average molecular weight is 526 g/mol. The summed E-state index contributed by atoms with van der Waals surface area (Å²) in [5.41, 5.74) is 3.29. The van der Waals surface area contributed by atoms with Gasteiger partial charge in [-0.2, -0.15) is 0 Å². The molecule has 1 aliphatic carbocycles. The van der Waals surface area contributed by atoms with E-state index in [4.69, 9.17) is 27.9 Å². The SMILES string of the molecule is COc1cc(Cl)c(Cl)cc1Nc1ncnc2[nH]c3c(c12)C[C@@H](C(=O)NCCCS(C)(=O)=O)CC3. The number of methoxy groups -OCH3 is 1. The zero-order chi connectivity index (χ0) is 24.5. The van der Waals surface area contributed by atoms with Gasteiger partial charge in [0.1, 0.15) is 33.4 Å². The second-order valence-corrected chi connectivity index (χ2v) is 11.4. The van der Waals surface area contributed by atoms with Crippen molar-refractivity contribution in [2.24, 2.45) is 5.92 Å². The number of anilines is 2. The minimum atomic E-state index is -3.05. The van der Waals surface area contributed by atoms with Gasteiger partial charge in [-0.25, -0.2) is 18.4 Å². The summed E-state index contributed by atoms with van der Waals surface area (Å²) in [7, 11) is -1.51. The molecule has 4 rings (SSSR count). The van der Waals surface area contributed by atoms with Crippen molar-refractivity contribution < 1.29 is 17.9 Å². The first-order valence-corrected chi connectivity index (χ1v) is 13.6. The first-order chi connectivity index (χ1) is 16.2. The number of aromatic amines is 1. The van der Waals surface area contributed by atoms with Crippen LogP contribution in [-0.2, 0) is 27.5 Å². The molecule has 34 heavy (non-hydrogen) atoms. The van der Waals surface area contributed by atoms with Crippen LogP contribution in [0.1, 0.15) is 24.1 Å². The Morgan fingerprint density at radius 2 is 2.03 bits per heavy atom. The van der Waals surface area contributed by atoms with Crippen LogP contribution in [0.25, 0.3) is 11.0 Å². The molecule has 12 heteroatoms. The van der Waals surface area contributed by atoms with Crippen molar-refractivity contribution in [3.05, 3.63) is 39.8 Å². The Hall–Kier alpha value is -2.56. The number of halogens is 2. The molecule has 3 N–H and O–H groups in total. The molecular weight excluding hydrogens is 501 g/mol. The Bertz CT molecular complexity index is 1340. The number of aryl methyl sites for hydroxylation is 1. The molecule has 9 nitrogen and oxygen atoms in total. The third-order valence-electron chi connectivity index (χ3n) is 5.83. The Morgan fingerprint density at radius 1 is 1.26 bits per heavy atom. The number of ether oxygens (including phenoxy) is 1. The van der Waals surface area contributed by atoms with E-state index in [1.54, 1.807) is 12.1 Å². The van der Waals surface area contributed by atoms with Crippen LogP contribution in [-0.4, -0.2) is 54.9 Å². The number of sulfone groups is 1. The molecule has 1 amide bonds. The first kappa shape index (κ1) is 24.6. The van der Waals surface area contributed by atoms with Crippen molar-refractivity contribution in [1.82, 2.24) is 20.3 Å². The summed E-state index contributed by atoms with van der Waals surface area (Å²) in [6.45, 7) is 0.330.